The summed E-state index contributed by atoms with van der Waals surface area (Å²) in [6.45, 7) is 4.73. The zero-order valence-electron chi connectivity index (χ0n) is 14.7. The van der Waals surface area contributed by atoms with Crippen LogP contribution in [-0.4, -0.2) is 24.0 Å². The lowest BCUT2D eigenvalue weighted by molar-refractivity contribution is 0.206. The fraction of sp³-hybridized carbons (Fsp3) is 0.381. The fourth-order valence-electron chi connectivity index (χ4n) is 4.06. The Labute approximate surface area is 149 Å². The van der Waals surface area contributed by atoms with Gasteiger partial charge < -0.3 is 15.5 Å². The normalized spacial score (nSPS) is 19.6. The molecule has 2 aliphatic rings. The lowest BCUT2D eigenvalue weighted by atomic mass is 9.88. The second-order valence-electron chi connectivity index (χ2n) is 7.11. The molecule has 1 fully saturated rings. The van der Waals surface area contributed by atoms with Crippen LogP contribution in [-0.2, 0) is 13.0 Å². The van der Waals surface area contributed by atoms with E-state index in [1.165, 1.54) is 35.1 Å². The number of hydrogen-bond donors (Lipinski definition) is 2. The van der Waals surface area contributed by atoms with Gasteiger partial charge in [-0.05, 0) is 61.6 Å². The third-order valence-electron chi connectivity index (χ3n) is 5.26. The minimum atomic E-state index is -0.0149. The molecule has 2 aromatic carbocycles. The van der Waals surface area contributed by atoms with Crippen LogP contribution in [0.4, 0.5) is 10.5 Å². The fourth-order valence-corrected chi connectivity index (χ4v) is 4.06. The van der Waals surface area contributed by atoms with Crippen LogP contribution < -0.4 is 10.6 Å². The summed E-state index contributed by atoms with van der Waals surface area (Å²) in [4.78, 5) is 14.5. The summed E-state index contributed by atoms with van der Waals surface area (Å²) in [6.07, 6.45) is 3.40. The van der Waals surface area contributed by atoms with Gasteiger partial charge in [0.2, 0.25) is 0 Å². The van der Waals surface area contributed by atoms with Crippen molar-refractivity contribution >= 4 is 11.7 Å². The van der Waals surface area contributed by atoms with E-state index < -0.39 is 0 Å². The molecule has 4 rings (SSSR count). The van der Waals surface area contributed by atoms with E-state index in [-0.39, 0.29) is 6.03 Å². The average molecular weight is 335 g/mol. The lowest BCUT2D eigenvalue weighted by Gasteiger charge is -2.32. The molecule has 2 aliphatic heterocycles. The molecule has 4 heteroatoms. The number of carbonyl (C=O) groups excluding carboxylic acids is 1. The van der Waals surface area contributed by atoms with Gasteiger partial charge in [-0.3, -0.25) is 0 Å². The molecule has 2 heterocycles. The Morgan fingerprint density at radius 2 is 2.08 bits per heavy atom. The molecule has 0 saturated carbocycles. The van der Waals surface area contributed by atoms with E-state index in [0.29, 0.717) is 12.6 Å². The maximum Gasteiger partial charge on any atom is 0.322 e. The molecule has 1 atom stereocenters. The van der Waals surface area contributed by atoms with Crippen molar-refractivity contribution in [2.75, 3.05) is 18.4 Å². The maximum atomic E-state index is 12.6. The highest BCUT2D eigenvalue weighted by atomic mass is 16.2. The zero-order valence-corrected chi connectivity index (χ0v) is 14.7. The van der Waals surface area contributed by atoms with Crippen LogP contribution in [0.1, 0.15) is 41.1 Å². The Morgan fingerprint density at radius 3 is 2.84 bits per heavy atom. The van der Waals surface area contributed by atoms with Gasteiger partial charge in [-0.25, -0.2) is 4.79 Å². The third-order valence-corrected chi connectivity index (χ3v) is 5.26. The molecule has 0 unspecified atom stereocenters. The smallest absolute Gasteiger partial charge is 0.320 e. The summed E-state index contributed by atoms with van der Waals surface area (Å²) in [7, 11) is 0. The number of nitrogens with one attached hydrogen (secondary N) is 2. The molecule has 2 N–H and O–H groups in total. The number of fused-ring (bicyclic) bond motifs is 1. The van der Waals surface area contributed by atoms with Crippen LogP contribution in [0.5, 0.6) is 0 Å². The first-order valence-corrected chi connectivity index (χ1v) is 9.17. The van der Waals surface area contributed by atoms with E-state index in [9.17, 15) is 4.79 Å². The van der Waals surface area contributed by atoms with E-state index in [4.69, 9.17) is 0 Å². The van der Waals surface area contributed by atoms with Gasteiger partial charge in [-0.1, -0.05) is 35.9 Å². The monoisotopic (exact) mass is 335 g/mol. The van der Waals surface area contributed by atoms with Crippen LogP contribution in [0.15, 0.2) is 42.5 Å². The molecule has 0 bridgehead atoms. The first kappa shape index (κ1) is 16.2. The molecule has 4 nitrogen and oxygen atoms in total. The van der Waals surface area contributed by atoms with Crippen molar-refractivity contribution in [2.24, 2.45) is 0 Å². The van der Waals surface area contributed by atoms with Crippen molar-refractivity contribution in [3.8, 4) is 0 Å². The van der Waals surface area contributed by atoms with Crippen molar-refractivity contribution in [1.29, 1.82) is 0 Å². The number of anilines is 1. The molecule has 0 radical (unpaired) electrons. The van der Waals surface area contributed by atoms with Gasteiger partial charge in [-0.2, -0.15) is 0 Å². The first-order valence-electron chi connectivity index (χ1n) is 9.17. The molecule has 0 aromatic heterocycles. The molecular weight excluding hydrogens is 310 g/mol. The molecule has 130 valence electrons. The van der Waals surface area contributed by atoms with Crippen LogP contribution in [0.3, 0.4) is 0 Å². The summed E-state index contributed by atoms with van der Waals surface area (Å²) in [5, 5.41) is 6.63. The number of nitrogens with zero attached hydrogens (tertiary/aromatic N) is 1. The Balaban J connectivity index is 1.54. The first-order chi connectivity index (χ1) is 12.2. The van der Waals surface area contributed by atoms with Crippen molar-refractivity contribution < 1.29 is 4.79 Å². The van der Waals surface area contributed by atoms with Gasteiger partial charge in [0.25, 0.3) is 0 Å². The van der Waals surface area contributed by atoms with Gasteiger partial charge in [0.1, 0.15) is 0 Å². The number of benzene rings is 2. The highest BCUT2D eigenvalue weighted by molar-refractivity contribution is 5.89. The van der Waals surface area contributed by atoms with E-state index in [1.807, 2.05) is 35.2 Å². The maximum absolute atomic E-state index is 12.6. The number of urea groups is 1. The molecule has 2 aromatic rings. The van der Waals surface area contributed by atoms with E-state index in [1.54, 1.807) is 0 Å². The summed E-state index contributed by atoms with van der Waals surface area (Å²) in [6, 6.07) is 14.7. The quantitative estimate of drug-likeness (QED) is 0.871. The van der Waals surface area contributed by atoms with Gasteiger partial charge in [-0.15, -0.1) is 0 Å². The number of hydrogen-bond acceptors (Lipinski definition) is 2. The standard InChI is InChI=1S/C21H25N3O/c1-15-12-16-14-24(21(25)23-17-6-3-2-4-7-17)11-9-18(16)19(13-15)20-8-5-10-22-20/h2-4,6-7,12-13,20,22H,5,8-11,14H2,1H3,(H,23,25)/t20-/m0/s1. The number of carbonyl (C=O) groups is 1. The molecule has 0 spiro atoms. The van der Waals surface area contributed by atoms with Crippen LogP contribution >= 0.6 is 0 Å². The Kier molecular flexibility index (Phi) is 4.45. The highest BCUT2D eigenvalue weighted by Crippen LogP contribution is 2.32. The predicted molar refractivity (Wildman–Crippen MR) is 101 cm³/mol. The zero-order chi connectivity index (χ0) is 17.2. The van der Waals surface area contributed by atoms with Crippen LogP contribution in [0, 0.1) is 6.92 Å². The molecule has 1 saturated heterocycles. The summed E-state index contributed by atoms with van der Waals surface area (Å²) in [5.74, 6) is 0. The number of para-hydroxylation sites is 1. The molecule has 25 heavy (non-hydrogen) atoms. The summed E-state index contributed by atoms with van der Waals surface area (Å²) in [5.41, 5.74) is 6.34. The topological polar surface area (TPSA) is 44.4 Å². The van der Waals surface area contributed by atoms with Crippen LogP contribution in [0.2, 0.25) is 0 Å². The Bertz CT molecular complexity index is 766. The Hall–Kier alpha value is -2.33. The van der Waals surface area contributed by atoms with Crippen molar-refractivity contribution in [1.82, 2.24) is 10.2 Å². The van der Waals surface area contributed by atoms with Crippen molar-refractivity contribution in [3.05, 3.63) is 64.7 Å². The van der Waals surface area contributed by atoms with Gasteiger partial charge in [0.15, 0.2) is 0 Å². The predicted octanol–water partition coefficient (Wildman–Crippen LogP) is 4.01. The van der Waals surface area contributed by atoms with Gasteiger partial charge >= 0.3 is 6.03 Å². The van der Waals surface area contributed by atoms with E-state index >= 15 is 0 Å². The van der Waals surface area contributed by atoms with Crippen molar-refractivity contribution in [3.63, 3.8) is 0 Å². The molecule has 2 amide bonds. The van der Waals surface area contributed by atoms with E-state index in [2.05, 4.69) is 29.7 Å². The molecular formula is C21H25N3O. The number of rotatable bonds is 2. The highest BCUT2D eigenvalue weighted by Gasteiger charge is 2.26. The minimum absolute atomic E-state index is 0.0149. The second kappa shape index (κ2) is 6.89. The lowest BCUT2D eigenvalue weighted by Crippen LogP contribution is -2.39. The number of aryl methyl sites for hydroxylation is 1. The average Bonchev–Trinajstić information content (AvgIpc) is 3.15. The third kappa shape index (κ3) is 3.40. The van der Waals surface area contributed by atoms with E-state index in [0.717, 1.165) is 25.2 Å². The number of amides is 2. The van der Waals surface area contributed by atoms with Crippen molar-refractivity contribution in [2.45, 2.75) is 38.8 Å². The summed E-state index contributed by atoms with van der Waals surface area (Å²) < 4.78 is 0. The molecule has 0 aliphatic carbocycles. The largest absolute Gasteiger partial charge is 0.322 e. The summed E-state index contributed by atoms with van der Waals surface area (Å²) >= 11 is 0. The second-order valence-corrected chi connectivity index (χ2v) is 7.11. The minimum Gasteiger partial charge on any atom is -0.320 e. The SMILES string of the molecule is Cc1cc2c(c([C@@H]3CCCN3)c1)CCN(C(=O)Nc1ccccc1)C2. The van der Waals surface area contributed by atoms with Crippen LogP contribution in [0.25, 0.3) is 0 Å². The van der Waals surface area contributed by atoms with Gasteiger partial charge in [0.05, 0.1) is 0 Å². The van der Waals surface area contributed by atoms with Gasteiger partial charge in [0, 0.05) is 24.8 Å². The Morgan fingerprint density at radius 1 is 1.24 bits per heavy atom.